The van der Waals surface area contributed by atoms with Crippen LogP contribution in [0.15, 0.2) is 79.9 Å². The minimum absolute atomic E-state index is 0.0138. The molecule has 1 spiro atoms. The Morgan fingerprint density at radius 2 is 1.88 bits per heavy atom. The summed E-state index contributed by atoms with van der Waals surface area (Å²) >= 11 is 3.71. The summed E-state index contributed by atoms with van der Waals surface area (Å²) in [6, 6.07) is 13.9. The second-order valence-corrected chi connectivity index (χ2v) is 14.6. The smallest absolute Gasteiger partial charge is 0.313 e. The van der Waals surface area contributed by atoms with Crippen molar-refractivity contribution in [2.45, 2.75) is 80.5 Å². The molecule has 1 aromatic heterocycles. The number of nitrogens with zero attached hydrogens (tertiary/aromatic N) is 5. The Kier molecular flexibility index (Phi) is 10.7. The molecule has 51 heavy (non-hydrogen) atoms. The highest BCUT2D eigenvalue weighted by atomic mass is 79.9. The lowest BCUT2D eigenvalue weighted by Crippen LogP contribution is -2.58. The molecule has 0 saturated carbocycles. The molecule has 2 aromatic carbocycles. The van der Waals surface area contributed by atoms with Crippen LogP contribution in [0, 0.1) is 11.8 Å². The number of halogens is 1. The van der Waals surface area contributed by atoms with Crippen LogP contribution in [0.5, 0.6) is 0 Å². The number of carbonyl (C=O) groups is 4. The van der Waals surface area contributed by atoms with Gasteiger partial charge in [0.05, 0.1) is 42.1 Å². The van der Waals surface area contributed by atoms with Gasteiger partial charge in [0.15, 0.2) is 0 Å². The zero-order chi connectivity index (χ0) is 36.4. The SMILES string of the molecule is C=CCCC(=O)N[C@@H](C)[C@H](OC(=O)[C@H]1[C@@H]2O[C@@]3(CC2Br)[C@@H]1C(=O)N([C@H](C)CO)[C@@H]3C(=O)N(CC=C)Cn1nnc2ccccc21)c1ccccc1. The number of carbonyl (C=O) groups excluding carboxylic acids is 4. The number of para-hydroxylation sites is 1. The third-order valence-electron chi connectivity index (χ3n) is 10.1. The summed E-state index contributed by atoms with van der Waals surface area (Å²) in [4.78, 5) is 58.9. The summed E-state index contributed by atoms with van der Waals surface area (Å²) in [6.45, 7) is 10.7. The number of ether oxygens (including phenoxy) is 2. The number of rotatable bonds is 15. The van der Waals surface area contributed by atoms with Crippen molar-refractivity contribution >= 4 is 50.7 Å². The summed E-state index contributed by atoms with van der Waals surface area (Å²) in [5.74, 6) is -3.91. The van der Waals surface area contributed by atoms with Gasteiger partial charge in [-0.25, -0.2) is 4.68 Å². The number of aliphatic hydroxyl groups excluding tert-OH is 1. The third kappa shape index (κ3) is 6.60. The fraction of sp³-hybridized carbons (Fsp3) is 0.459. The van der Waals surface area contributed by atoms with Crippen LogP contribution in [-0.4, -0.2) is 101 Å². The van der Waals surface area contributed by atoms with E-state index < -0.39 is 72.2 Å². The molecule has 0 radical (unpaired) electrons. The number of alkyl halides is 1. The lowest BCUT2D eigenvalue weighted by molar-refractivity contribution is -0.162. The van der Waals surface area contributed by atoms with Gasteiger partial charge >= 0.3 is 5.97 Å². The molecule has 2 N–H and O–H groups in total. The van der Waals surface area contributed by atoms with Crippen molar-refractivity contribution in [3.63, 3.8) is 0 Å². The van der Waals surface area contributed by atoms with Gasteiger partial charge in [-0.15, -0.1) is 18.3 Å². The molecule has 3 saturated heterocycles. The minimum atomic E-state index is -1.39. The van der Waals surface area contributed by atoms with Crippen molar-refractivity contribution in [2.24, 2.45) is 11.8 Å². The van der Waals surface area contributed by atoms with Gasteiger partial charge in [0.2, 0.25) is 17.7 Å². The third-order valence-corrected chi connectivity index (χ3v) is 11.0. The predicted molar refractivity (Wildman–Crippen MR) is 191 cm³/mol. The zero-order valence-electron chi connectivity index (χ0n) is 28.6. The molecule has 2 bridgehead atoms. The summed E-state index contributed by atoms with van der Waals surface area (Å²) in [5.41, 5.74) is 0.656. The number of hydrogen-bond acceptors (Lipinski definition) is 9. The Hall–Kier alpha value is -4.40. The summed E-state index contributed by atoms with van der Waals surface area (Å²) in [6.07, 6.45) is 2.60. The maximum absolute atomic E-state index is 14.8. The van der Waals surface area contributed by atoms with Crippen LogP contribution < -0.4 is 5.32 Å². The number of nitrogens with one attached hydrogen (secondary N) is 1. The van der Waals surface area contributed by atoms with Crippen LogP contribution in [-0.2, 0) is 35.3 Å². The number of aliphatic hydroxyl groups is 1. The van der Waals surface area contributed by atoms with Gasteiger partial charge in [-0.05, 0) is 44.4 Å². The van der Waals surface area contributed by atoms with Crippen LogP contribution in [0.2, 0.25) is 0 Å². The van der Waals surface area contributed by atoms with E-state index in [-0.39, 0.29) is 36.8 Å². The van der Waals surface area contributed by atoms with Crippen molar-refractivity contribution in [1.82, 2.24) is 30.1 Å². The van der Waals surface area contributed by atoms with Crippen molar-refractivity contribution in [3.05, 3.63) is 85.5 Å². The van der Waals surface area contributed by atoms with Gasteiger partial charge in [-0.2, -0.15) is 0 Å². The van der Waals surface area contributed by atoms with Gasteiger partial charge in [-0.3, -0.25) is 19.2 Å². The van der Waals surface area contributed by atoms with Gasteiger partial charge in [0.25, 0.3) is 0 Å². The van der Waals surface area contributed by atoms with E-state index in [9.17, 15) is 24.3 Å². The largest absolute Gasteiger partial charge is 0.455 e. The highest BCUT2D eigenvalue weighted by Gasteiger charge is 2.77. The van der Waals surface area contributed by atoms with E-state index in [2.05, 4.69) is 44.7 Å². The van der Waals surface area contributed by atoms with Crippen molar-refractivity contribution in [3.8, 4) is 0 Å². The molecule has 0 aliphatic carbocycles. The number of benzene rings is 2. The fourth-order valence-corrected chi connectivity index (χ4v) is 8.79. The summed E-state index contributed by atoms with van der Waals surface area (Å²) in [5, 5.41) is 21.7. The Balaban J connectivity index is 1.33. The second-order valence-electron chi connectivity index (χ2n) is 13.5. The molecule has 3 amide bonds. The highest BCUT2D eigenvalue weighted by molar-refractivity contribution is 9.09. The first-order valence-corrected chi connectivity index (χ1v) is 18.1. The van der Waals surface area contributed by atoms with Crippen molar-refractivity contribution in [1.29, 1.82) is 0 Å². The number of allylic oxidation sites excluding steroid dienone is 1. The van der Waals surface area contributed by atoms with E-state index in [4.69, 9.17) is 9.47 Å². The second kappa shape index (κ2) is 15.1. The van der Waals surface area contributed by atoms with Gasteiger partial charge in [0, 0.05) is 17.8 Å². The topological polar surface area (TPSA) is 156 Å². The number of aromatic nitrogens is 3. The van der Waals surface area contributed by atoms with E-state index in [0.717, 1.165) is 5.52 Å². The molecule has 4 heterocycles. The monoisotopic (exact) mass is 762 g/mol. The van der Waals surface area contributed by atoms with Crippen LogP contribution in [0.25, 0.3) is 11.0 Å². The van der Waals surface area contributed by atoms with Gasteiger partial charge in [-0.1, -0.05) is 75.8 Å². The molecule has 3 aliphatic rings. The first kappa shape index (κ1) is 36.4. The molecule has 9 atom stereocenters. The quantitative estimate of drug-likeness (QED) is 0.135. The fourth-order valence-electron chi connectivity index (χ4n) is 7.85. The molecular formula is C37H43BrN6O7. The van der Waals surface area contributed by atoms with E-state index in [0.29, 0.717) is 17.5 Å². The van der Waals surface area contributed by atoms with Crippen molar-refractivity contribution in [2.75, 3.05) is 13.2 Å². The Bertz CT molecular complexity index is 1800. The Morgan fingerprint density at radius 3 is 2.59 bits per heavy atom. The van der Waals surface area contributed by atoms with E-state index >= 15 is 0 Å². The average molecular weight is 764 g/mol. The van der Waals surface area contributed by atoms with Crippen LogP contribution in [0.3, 0.4) is 0 Å². The van der Waals surface area contributed by atoms with E-state index in [1.54, 1.807) is 30.7 Å². The number of fused-ring (bicyclic) bond motifs is 2. The number of likely N-dealkylation sites (tertiary alicyclic amines) is 1. The standard InChI is InChI=1S/C37H43BrN6O7/c1-5-7-17-28(46)39-23(4)31(24-13-9-8-10-14-24)50-36(49)29-30-34(47)44(22(3)20-45)33(37(30)19-25(38)32(29)51-37)35(48)42(18-6-2)21-43-27-16-12-11-15-26(27)40-41-43/h5-6,8-16,22-23,25,29-33,45H,1-2,7,17-21H2,3-4H3,(H,39,46)/t22-,23+,25?,29-,30+,31+,32-,33-,37+/m1/s1. The van der Waals surface area contributed by atoms with Gasteiger partial charge in [0.1, 0.15) is 29.9 Å². The van der Waals surface area contributed by atoms with Crippen molar-refractivity contribution < 1.29 is 33.8 Å². The normalized spacial score (nSPS) is 26.7. The number of esters is 1. The first-order valence-electron chi connectivity index (χ1n) is 17.1. The first-order chi connectivity index (χ1) is 24.6. The lowest BCUT2D eigenvalue weighted by Gasteiger charge is -2.38. The number of amides is 3. The molecule has 13 nitrogen and oxygen atoms in total. The van der Waals surface area contributed by atoms with Crippen LogP contribution >= 0.6 is 15.9 Å². The lowest BCUT2D eigenvalue weighted by atomic mass is 9.70. The van der Waals surface area contributed by atoms with E-state index in [1.807, 2.05) is 54.6 Å². The molecule has 14 heteroatoms. The molecule has 1 unspecified atom stereocenters. The predicted octanol–water partition coefficient (Wildman–Crippen LogP) is 3.29. The van der Waals surface area contributed by atoms with Gasteiger partial charge < -0.3 is 29.7 Å². The molecule has 270 valence electrons. The molecule has 3 fully saturated rings. The number of hydrogen-bond donors (Lipinski definition) is 2. The zero-order valence-corrected chi connectivity index (χ0v) is 30.2. The summed E-state index contributed by atoms with van der Waals surface area (Å²) in [7, 11) is 0. The maximum atomic E-state index is 14.8. The Morgan fingerprint density at radius 1 is 1.16 bits per heavy atom. The minimum Gasteiger partial charge on any atom is -0.455 e. The Labute approximate surface area is 304 Å². The molecule has 3 aromatic rings. The van der Waals surface area contributed by atoms with Crippen LogP contribution in [0.1, 0.15) is 44.8 Å². The highest BCUT2D eigenvalue weighted by Crippen LogP contribution is 2.61. The molecule has 6 rings (SSSR count). The summed E-state index contributed by atoms with van der Waals surface area (Å²) < 4.78 is 14.5. The molecule has 3 aliphatic heterocycles. The van der Waals surface area contributed by atoms with Crippen LogP contribution in [0.4, 0.5) is 0 Å². The average Bonchev–Trinajstić information content (AvgIpc) is 3.86. The maximum Gasteiger partial charge on any atom is 0.313 e. The van der Waals surface area contributed by atoms with E-state index in [1.165, 1.54) is 9.80 Å². The molecular weight excluding hydrogens is 720 g/mol.